The van der Waals surface area contributed by atoms with Crippen molar-refractivity contribution in [2.45, 2.75) is 48.6 Å². The fourth-order valence-electron chi connectivity index (χ4n) is 6.46. The molecule has 2 aliphatic rings. The molecule has 4 aromatic heterocycles. The molecule has 2 unspecified atom stereocenters. The van der Waals surface area contributed by atoms with Crippen molar-refractivity contribution in [3.05, 3.63) is 66.6 Å². The largest absolute Gasteiger partial charge is 0.506 e. The molecule has 214 valence electrons. The molecule has 4 N–H and O–H groups in total. The molecule has 6 heterocycles. The van der Waals surface area contributed by atoms with Crippen molar-refractivity contribution >= 4 is 27.2 Å². The number of aromatic nitrogens is 7. The quantitative estimate of drug-likeness (QED) is 0.277. The van der Waals surface area contributed by atoms with Crippen molar-refractivity contribution in [3.63, 3.8) is 0 Å². The van der Waals surface area contributed by atoms with E-state index in [-0.39, 0.29) is 46.2 Å². The van der Waals surface area contributed by atoms with Crippen LogP contribution in [0.4, 0.5) is 5.82 Å². The van der Waals surface area contributed by atoms with E-state index in [1.807, 2.05) is 35.2 Å². The second-order valence-corrected chi connectivity index (χ2v) is 12.8. The summed E-state index contributed by atoms with van der Waals surface area (Å²) in [6.45, 7) is 0. The van der Waals surface area contributed by atoms with Gasteiger partial charge in [0, 0.05) is 47.1 Å². The van der Waals surface area contributed by atoms with Crippen molar-refractivity contribution < 1.29 is 18.3 Å². The zero-order valence-electron chi connectivity index (χ0n) is 22.5. The Kier molecular flexibility index (Phi) is 5.97. The molecular formula is C28H27N9O4S. The van der Waals surface area contributed by atoms with Crippen LogP contribution in [0.25, 0.3) is 28.0 Å². The van der Waals surface area contributed by atoms with E-state index in [4.69, 9.17) is 10.7 Å². The monoisotopic (exact) mass is 585 g/mol. The highest BCUT2D eigenvalue weighted by molar-refractivity contribution is 7.91. The van der Waals surface area contributed by atoms with Crippen molar-refractivity contribution in [1.29, 1.82) is 0 Å². The SMILES string of the molecule is CS(=O)(=O)c1c(C2CC3CC[C@@H](C2)N3C(=O)c2ncn[nH]2)nc2c(-c3cnc(-c4ccccc4)c(O)c3)cnn2c1N. The normalized spacial score (nSPS) is 20.3. The van der Waals surface area contributed by atoms with Gasteiger partial charge in [-0.1, -0.05) is 30.3 Å². The number of sulfone groups is 1. The van der Waals surface area contributed by atoms with Gasteiger partial charge in [-0.15, -0.1) is 0 Å². The first-order valence-electron chi connectivity index (χ1n) is 13.5. The van der Waals surface area contributed by atoms with Gasteiger partial charge in [-0.2, -0.15) is 14.7 Å². The Bertz CT molecular complexity index is 1930. The molecule has 7 rings (SSSR count). The van der Waals surface area contributed by atoms with Gasteiger partial charge in [0.1, 0.15) is 28.5 Å². The van der Waals surface area contributed by atoms with Gasteiger partial charge in [0.25, 0.3) is 5.91 Å². The van der Waals surface area contributed by atoms with E-state index in [1.165, 1.54) is 17.0 Å². The number of nitrogens with one attached hydrogen (secondary N) is 1. The summed E-state index contributed by atoms with van der Waals surface area (Å²) in [5.41, 5.74) is 9.52. The van der Waals surface area contributed by atoms with E-state index in [9.17, 15) is 18.3 Å². The number of fused-ring (bicyclic) bond motifs is 3. The number of nitrogens with two attached hydrogens (primary N) is 1. The van der Waals surface area contributed by atoms with Crippen LogP contribution in [0.5, 0.6) is 5.75 Å². The summed E-state index contributed by atoms with van der Waals surface area (Å²) in [6, 6.07) is 10.7. The van der Waals surface area contributed by atoms with Crippen LogP contribution in [0.2, 0.25) is 0 Å². The van der Waals surface area contributed by atoms with E-state index in [0.717, 1.165) is 24.7 Å². The Labute approximate surface area is 240 Å². The molecule has 1 amide bonds. The van der Waals surface area contributed by atoms with Crippen LogP contribution in [0, 0.1) is 0 Å². The molecule has 42 heavy (non-hydrogen) atoms. The highest BCUT2D eigenvalue weighted by Gasteiger charge is 2.46. The average molecular weight is 586 g/mol. The van der Waals surface area contributed by atoms with Crippen molar-refractivity contribution in [2.75, 3.05) is 12.0 Å². The minimum absolute atomic E-state index is 0.0145. The first kappa shape index (κ1) is 26.1. The van der Waals surface area contributed by atoms with E-state index >= 15 is 0 Å². The maximum Gasteiger partial charge on any atom is 0.291 e. The standard InChI is InChI=1S/C28H27N9O4S/c1-42(40,41)24-23(16-9-18-7-8-19(10-16)36(18)28(39)26-31-14-32-35-26)34-27-20(13-33-37(27)25(24)29)17-11-21(38)22(30-12-17)15-5-3-2-4-6-15/h2-6,11-14,16,18-19,38H,7-10,29H2,1H3,(H,31,32,35)/t16?,18-,19?/m0/s1. The van der Waals surface area contributed by atoms with Crippen LogP contribution in [-0.2, 0) is 9.84 Å². The van der Waals surface area contributed by atoms with Gasteiger partial charge in [-0.05, 0) is 31.7 Å². The fourth-order valence-corrected chi connectivity index (χ4v) is 7.52. The van der Waals surface area contributed by atoms with Gasteiger partial charge in [0.2, 0.25) is 5.82 Å². The number of aromatic hydroxyl groups is 1. The Morgan fingerprint density at radius 2 is 1.81 bits per heavy atom. The van der Waals surface area contributed by atoms with E-state index in [1.54, 1.807) is 12.3 Å². The molecule has 13 nitrogen and oxygen atoms in total. The molecule has 2 fully saturated rings. The summed E-state index contributed by atoms with van der Waals surface area (Å²) < 4.78 is 27.5. The van der Waals surface area contributed by atoms with Crippen LogP contribution < -0.4 is 5.73 Å². The van der Waals surface area contributed by atoms with Gasteiger partial charge in [0.15, 0.2) is 15.5 Å². The predicted molar refractivity (Wildman–Crippen MR) is 152 cm³/mol. The van der Waals surface area contributed by atoms with E-state index < -0.39 is 9.84 Å². The molecule has 2 saturated heterocycles. The number of rotatable bonds is 5. The van der Waals surface area contributed by atoms with Crippen LogP contribution in [-0.4, -0.2) is 77.4 Å². The molecule has 0 radical (unpaired) electrons. The summed E-state index contributed by atoms with van der Waals surface area (Å²) in [5.74, 6) is -0.333. The highest BCUT2D eigenvalue weighted by Crippen LogP contribution is 2.46. The molecule has 5 aromatic rings. The lowest BCUT2D eigenvalue weighted by molar-refractivity contribution is 0.0556. The minimum Gasteiger partial charge on any atom is -0.506 e. The van der Waals surface area contributed by atoms with Crippen LogP contribution in [0.15, 0.2) is 60.0 Å². The summed E-state index contributed by atoms with van der Waals surface area (Å²) >= 11 is 0. The van der Waals surface area contributed by atoms with Crippen LogP contribution in [0.3, 0.4) is 0 Å². The summed E-state index contributed by atoms with van der Waals surface area (Å²) in [5, 5.41) is 21.6. The van der Waals surface area contributed by atoms with E-state index in [0.29, 0.717) is 41.0 Å². The topological polar surface area (TPSA) is 185 Å². The average Bonchev–Trinajstić information content (AvgIpc) is 3.71. The summed E-state index contributed by atoms with van der Waals surface area (Å²) in [7, 11) is -3.79. The molecule has 0 saturated carbocycles. The highest BCUT2D eigenvalue weighted by atomic mass is 32.2. The molecule has 2 bridgehead atoms. The zero-order valence-corrected chi connectivity index (χ0v) is 23.4. The number of nitrogens with zero attached hydrogens (tertiary/aromatic N) is 7. The third-order valence-corrected chi connectivity index (χ3v) is 9.39. The maximum atomic E-state index is 13.2. The maximum absolute atomic E-state index is 13.2. The smallest absolute Gasteiger partial charge is 0.291 e. The lowest BCUT2D eigenvalue weighted by Gasteiger charge is -2.38. The molecule has 1 aromatic carbocycles. The number of nitrogen functional groups attached to an aromatic ring is 1. The number of carbonyl (C=O) groups is 1. The molecular weight excluding hydrogens is 558 g/mol. The first-order valence-corrected chi connectivity index (χ1v) is 15.4. The van der Waals surface area contributed by atoms with Gasteiger partial charge in [0.05, 0.1) is 11.9 Å². The minimum atomic E-state index is -3.79. The number of benzene rings is 1. The lowest BCUT2D eigenvalue weighted by Crippen LogP contribution is -2.46. The third kappa shape index (κ3) is 4.17. The lowest BCUT2D eigenvalue weighted by atomic mass is 9.87. The number of hydrogen-bond donors (Lipinski definition) is 3. The Morgan fingerprint density at radius 3 is 2.45 bits per heavy atom. The van der Waals surface area contributed by atoms with Crippen molar-refractivity contribution in [3.8, 4) is 28.1 Å². The van der Waals surface area contributed by atoms with Crippen molar-refractivity contribution in [2.24, 2.45) is 0 Å². The molecule has 2 aliphatic heterocycles. The summed E-state index contributed by atoms with van der Waals surface area (Å²) in [6.07, 6.45) is 8.22. The second-order valence-electron chi connectivity index (χ2n) is 10.8. The number of amides is 1. The molecule has 3 atom stereocenters. The summed E-state index contributed by atoms with van der Waals surface area (Å²) in [4.78, 5) is 28.3. The van der Waals surface area contributed by atoms with Crippen LogP contribution >= 0.6 is 0 Å². The van der Waals surface area contributed by atoms with Gasteiger partial charge >= 0.3 is 0 Å². The Balaban J connectivity index is 1.30. The fraction of sp³-hybridized carbons (Fsp3) is 0.286. The van der Waals surface area contributed by atoms with Crippen LogP contribution in [0.1, 0.15) is 47.9 Å². The number of piperidine rings is 1. The second kappa shape index (κ2) is 9.62. The predicted octanol–water partition coefficient (Wildman–Crippen LogP) is 2.82. The van der Waals surface area contributed by atoms with Crippen molar-refractivity contribution in [1.82, 2.24) is 39.7 Å². The number of hydrogen-bond acceptors (Lipinski definition) is 10. The number of carbonyl (C=O) groups excluding carboxylic acids is 1. The first-order chi connectivity index (χ1) is 20.2. The number of anilines is 1. The zero-order chi connectivity index (χ0) is 29.2. The number of pyridine rings is 1. The number of H-pyrrole nitrogens is 1. The Hall–Kier alpha value is -4.85. The van der Waals surface area contributed by atoms with E-state index in [2.05, 4.69) is 25.3 Å². The molecule has 0 aliphatic carbocycles. The number of aromatic amines is 1. The Morgan fingerprint density at radius 1 is 1.07 bits per heavy atom. The third-order valence-electron chi connectivity index (χ3n) is 8.23. The van der Waals surface area contributed by atoms with Gasteiger partial charge < -0.3 is 15.7 Å². The van der Waals surface area contributed by atoms with Gasteiger partial charge in [-0.3, -0.25) is 14.9 Å². The van der Waals surface area contributed by atoms with Gasteiger partial charge in [-0.25, -0.2) is 18.4 Å². The molecule has 14 heteroatoms. The molecule has 0 spiro atoms.